The first-order valence-corrected chi connectivity index (χ1v) is 7.50. The molecule has 0 radical (unpaired) electrons. The van der Waals surface area contributed by atoms with E-state index in [1.54, 1.807) is 6.07 Å². The molecule has 0 nitrogen and oxygen atoms in total. The van der Waals surface area contributed by atoms with Crippen LogP contribution in [-0.4, -0.2) is 0 Å². The predicted molar refractivity (Wildman–Crippen MR) is 80.7 cm³/mol. The minimum atomic E-state index is -0.195. The van der Waals surface area contributed by atoms with Crippen LogP contribution >= 0.6 is 31.9 Å². The molecular weight excluding hydrogens is 359 g/mol. The van der Waals surface area contributed by atoms with Gasteiger partial charge in [-0.05, 0) is 35.7 Å². The average Bonchev–Trinajstić information content (AvgIpc) is 2.41. The van der Waals surface area contributed by atoms with Crippen molar-refractivity contribution in [1.82, 2.24) is 0 Å². The first-order chi connectivity index (χ1) is 8.61. The molecule has 3 heteroatoms. The highest BCUT2D eigenvalue weighted by Gasteiger charge is 2.15. The van der Waals surface area contributed by atoms with Gasteiger partial charge in [-0.15, -0.1) is 0 Å². The van der Waals surface area contributed by atoms with E-state index in [9.17, 15) is 4.39 Å². The number of benzene rings is 2. The number of hydrogen-bond donors (Lipinski definition) is 0. The van der Waals surface area contributed by atoms with Gasteiger partial charge < -0.3 is 0 Å². The van der Waals surface area contributed by atoms with E-state index in [1.165, 1.54) is 11.6 Å². The zero-order chi connectivity index (χ0) is 13.1. The molecule has 0 N–H and O–H groups in total. The van der Waals surface area contributed by atoms with Crippen LogP contribution in [-0.2, 0) is 6.42 Å². The molecule has 0 saturated heterocycles. The second kappa shape index (κ2) is 5.98. The highest BCUT2D eigenvalue weighted by atomic mass is 79.9. The van der Waals surface area contributed by atoms with Crippen molar-refractivity contribution in [2.24, 2.45) is 0 Å². The fourth-order valence-electron chi connectivity index (χ4n) is 1.81. The molecule has 0 bridgehead atoms. The molecule has 0 aliphatic carbocycles. The van der Waals surface area contributed by atoms with Crippen molar-refractivity contribution in [2.45, 2.75) is 18.2 Å². The second-order valence-corrected chi connectivity index (χ2v) is 5.95. The largest absolute Gasteiger partial charge is 0.207 e. The molecule has 1 unspecified atom stereocenters. The molecule has 0 aliphatic heterocycles. The fourth-order valence-corrected chi connectivity index (χ4v) is 2.85. The van der Waals surface area contributed by atoms with Gasteiger partial charge in [-0.1, -0.05) is 63.0 Å². The zero-order valence-corrected chi connectivity index (χ0v) is 13.1. The Hall–Kier alpha value is -0.670. The maximum absolute atomic E-state index is 13.8. The normalized spacial score (nSPS) is 12.4. The second-order valence-electron chi connectivity index (χ2n) is 4.12. The Bertz CT molecular complexity index is 535. The van der Waals surface area contributed by atoms with Crippen LogP contribution in [0.25, 0.3) is 0 Å². The quantitative estimate of drug-likeness (QED) is 0.613. The molecule has 94 valence electrons. The van der Waals surface area contributed by atoms with Crippen LogP contribution in [0.5, 0.6) is 0 Å². The molecule has 0 amide bonds. The van der Waals surface area contributed by atoms with E-state index >= 15 is 0 Å². The Morgan fingerprint density at radius 3 is 2.39 bits per heavy atom. The van der Waals surface area contributed by atoms with Crippen LogP contribution < -0.4 is 0 Å². The number of rotatable bonds is 3. The van der Waals surface area contributed by atoms with Gasteiger partial charge in [-0.2, -0.15) is 0 Å². The third-order valence-corrected chi connectivity index (χ3v) is 4.43. The van der Waals surface area contributed by atoms with E-state index in [-0.39, 0.29) is 10.6 Å². The zero-order valence-electron chi connectivity index (χ0n) is 9.96. The first kappa shape index (κ1) is 13.8. The van der Waals surface area contributed by atoms with E-state index in [0.29, 0.717) is 5.56 Å². The summed E-state index contributed by atoms with van der Waals surface area (Å²) in [6, 6.07) is 13.2. The van der Waals surface area contributed by atoms with E-state index in [2.05, 4.69) is 50.9 Å². The number of aryl methyl sites for hydroxylation is 1. The molecule has 1 atom stereocenters. The lowest BCUT2D eigenvalue weighted by Gasteiger charge is -2.12. The third-order valence-electron chi connectivity index (χ3n) is 2.91. The summed E-state index contributed by atoms with van der Waals surface area (Å²) >= 11 is 6.94. The van der Waals surface area contributed by atoms with Gasteiger partial charge in [0.25, 0.3) is 0 Å². The molecule has 0 fully saturated rings. The van der Waals surface area contributed by atoms with Gasteiger partial charge in [-0.25, -0.2) is 4.39 Å². The van der Waals surface area contributed by atoms with Crippen LogP contribution in [0.3, 0.4) is 0 Å². The Labute approximate surface area is 123 Å². The maximum Gasteiger partial charge on any atom is 0.127 e. The summed E-state index contributed by atoms with van der Waals surface area (Å²) in [5.41, 5.74) is 2.99. The third kappa shape index (κ3) is 3.01. The lowest BCUT2D eigenvalue weighted by molar-refractivity contribution is 0.613. The van der Waals surface area contributed by atoms with Crippen molar-refractivity contribution in [3.05, 3.63) is 69.4 Å². The van der Waals surface area contributed by atoms with Crippen molar-refractivity contribution in [1.29, 1.82) is 0 Å². The van der Waals surface area contributed by atoms with Crippen molar-refractivity contribution in [3.8, 4) is 0 Å². The smallest absolute Gasteiger partial charge is 0.127 e. The summed E-state index contributed by atoms with van der Waals surface area (Å²) < 4.78 is 14.7. The monoisotopic (exact) mass is 370 g/mol. The number of halogens is 3. The van der Waals surface area contributed by atoms with Gasteiger partial charge in [0.2, 0.25) is 0 Å². The lowest BCUT2D eigenvalue weighted by atomic mass is 10.0. The average molecular weight is 372 g/mol. The molecule has 0 aromatic heterocycles. The number of alkyl halides is 1. The van der Waals surface area contributed by atoms with Gasteiger partial charge in [-0.3, -0.25) is 0 Å². The van der Waals surface area contributed by atoms with Gasteiger partial charge in [0.1, 0.15) is 5.82 Å². The summed E-state index contributed by atoms with van der Waals surface area (Å²) in [6.45, 7) is 2.12. The summed E-state index contributed by atoms with van der Waals surface area (Å²) in [7, 11) is 0. The van der Waals surface area contributed by atoms with E-state index in [1.807, 2.05) is 18.2 Å². The van der Waals surface area contributed by atoms with Crippen LogP contribution in [0.1, 0.15) is 28.4 Å². The topological polar surface area (TPSA) is 0 Å². The molecule has 18 heavy (non-hydrogen) atoms. The van der Waals surface area contributed by atoms with Gasteiger partial charge in [0.15, 0.2) is 0 Å². The van der Waals surface area contributed by atoms with E-state index in [4.69, 9.17) is 0 Å². The van der Waals surface area contributed by atoms with E-state index in [0.717, 1.165) is 16.5 Å². The summed E-state index contributed by atoms with van der Waals surface area (Å²) in [6.07, 6.45) is 1.01. The highest BCUT2D eigenvalue weighted by molar-refractivity contribution is 9.10. The molecule has 0 saturated carbocycles. The van der Waals surface area contributed by atoms with Crippen molar-refractivity contribution >= 4 is 31.9 Å². The fraction of sp³-hybridized carbons (Fsp3) is 0.200. The molecule has 0 heterocycles. The summed E-state index contributed by atoms with van der Waals surface area (Å²) in [5.74, 6) is -0.195. The molecule has 2 aromatic rings. The van der Waals surface area contributed by atoms with Crippen LogP contribution in [0, 0.1) is 5.82 Å². The summed E-state index contributed by atoms with van der Waals surface area (Å²) in [4.78, 5) is -0.124. The first-order valence-electron chi connectivity index (χ1n) is 5.79. The van der Waals surface area contributed by atoms with Crippen LogP contribution in [0.15, 0.2) is 46.9 Å². The molecule has 0 spiro atoms. The summed E-state index contributed by atoms with van der Waals surface area (Å²) in [5, 5.41) is 0. The lowest BCUT2D eigenvalue weighted by Crippen LogP contribution is -1.97. The van der Waals surface area contributed by atoms with Gasteiger partial charge >= 0.3 is 0 Å². The van der Waals surface area contributed by atoms with Gasteiger partial charge in [0, 0.05) is 10.0 Å². The van der Waals surface area contributed by atoms with Crippen molar-refractivity contribution in [3.63, 3.8) is 0 Å². The SMILES string of the molecule is CCc1ccc(C(Br)c2cc(Br)ccc2F)cc1. The molecular formula is C15H13Br2F. The molecule has 2 aromatic carbocycles. The Morgan fingerprint density at radius 1 is 1.11 bits per heavy atom. The van der Waals surface area contributed by atoms with Crippen molar-refractivity contribution in [2.75, 3.05) is 0 Å². The minimum absolute atomic E-state index is 0.124. The molecule has 0 aliphatic rings. The van der Waals surface area contributed by atoms with Crippen LogP contribution in [0.2, 0.25) is 0 Å². The number of hydrogen-bond acceptors (Lipinski definition) is 0. The van der Waals surface area contributed by atoms with Gasteiger partial charge in [0.05, 0.1) is 4.83 Å². The Balaban J connectivity index is 2.34. The highest BCUT2D eigenvalue weighted by Crippen LogP contribution is 2.34. The Kier molecular flexibility index (Phi) is 4.57. The van der Waals surface area contributed by atoms with E-state index < -0.39 is 0 Å². The standard InChI is InChI=1S/C15H13Br2F/c1-2-10-3-5-11(6-4-10)15(17)13-9-12(16)7-8-14(13)18/h3-9,15H,2H2,1H3. The molecule has 2 rings (SSSR count). The maximum atomic E-state index is 13.8. The Morgan fingerprint density at radius 2 is 1.78 bits per heavy atom. The van der Waals surface area contributed by atoms with Crippen molar-refractivity contribution < 1.29 is 4.39 Å². The predicted octanol–water partition coefficient (Wildman–Crippen LogP) is 5.63. The minimum Gasteiger partial charge on any atom is -0.207 e. The van der Waals surface area contributed by atoms with Crippen LogP contribution in [0.4, 0.5) is 4.39 Å².